The summed E-state index contributed by atoms with van der Waals surface area (Å²) in [5, 5.41) is 2.31. The molecular formula is C14H30N4O. The largest absolute Gasteiger partial charge is 0.379 e. The molecule has 0 radical (unpaired) electrons. The van der Waals surface area contributed by atoms with Crippen LogP contribution in [0, 0.1) is 0 Å². The van der Waals surface area contributed by atoms with Crippen LogP contribution in [0.25, 0.3) is 0 Å². The highest BCUT2D eigenvalue weighted by Gasteiger charge is 2.33. The Morgan fingerprint density at radius 1 is 1.16 bits per heavy atom. The van der Waals surface area contributed by atoms with Crippen LogP contribution < -0.4 is 11.2 Å². The number of hydrazine groups is 1. The van der Waals surface area contributed by atoms with E-state index in [1.54, 1.807) is 0 Å². The van der Waals surface area contributed by atoms with Crippen molar-refractivity contribution in [3.63, 3.8) is 0 Å². The lowest BCUT2D eigenvalue weighted by molar-refractivity contribution is -0.0144. The fourth-order valence-corrected chi connectivity index (χ4v) is 3.10. The lowest BCUT2D eigenvalue weighted by Crippen LogP contribution is -2.60. The minimum absolute atomic E-state index is 0.0843. The third kappa shape index (κ3) is 4.13. The number of morpholine rings is 1. The quantitative estimate of drug-likeness (QED) is 0.775. The molecule has 0 aromatic heterocycles. The molecule has 0 aliphatic carbocycles. The highest BCUT2D eigenvalue weighted by molar-refractivity contribution is 4.92. The smallest absolute Gasteiger partial charge is 0.0608 e. The fourth-order valence-electron chi connectivity index (χ4n) is 3.10. The van der Waals surface area contributed by atoms with Crippen molar-refractivity contribution < 1.29 is 4.74 Å². The van der Waals surface area contributed by atoms with Gasteiger partial charge >= 0.3 is 0 Å². The molecule has 3 N–H and O–H groups in total. The lowest BCUT2D eigenvalue weighted by Gasteiger charge is -2.40. The predicted octanol–water partition coefficient (Wildman–Crippen LogP) is 0.415. The number of nitrogens with zero attached hydrogens (tertiary/aromatic N) is 2. The molecule has 2 aliphatic rings. The van der Waals surface area contributed by atoms with Crippen molar-refractivity contribution in [2.75, 3.05) is 45.9 Å². The topological polar surface area (TPSA) is 53.8 Å². The van der Waals surface area contributed by atoms with Crippen LogP contribution in [-0.4, -0.2) is 67.4 Å². The van der Waals surface area contributed by atoms with Crippen molar-refractivity contribution >= 4 is 0 Å². The first-order valence-electron chi connectivity index (χ1n) is 7.70. The summed E-state index contributed by atoms with van der Waals surface area (Å²) in [6.45, 7) is 11.2. The molecule has 2 aliphatic heterocycles. The summed E-state index contributed by atoms with van der Waals surface area (Å²) < 4.78 is 5.41. The summed E-state index contributed by atoms with van der Waals surface area (Å²) in [7, 11) is 0. The number of rotatable bonds is 4. The van der Waals surface area contributed by atoms with Gasteiger partial charge in [0.25, 0.3) is 0 Å². The van der Waals surface area contributed by atoms with E-state index >= 15 is 0 Å². The standard InChI is InChI=1S/C14H30N4O/c1-13(2)17-6-3-4-14(12-15,5-7-17)16-18-8-10-19-11-9-18/h13,16H,3-12,15H2,1-2H3. The molecule has 19 heavy (non-hydrogen) atoms. The van der Waals surface area contributed by atoms with Gasteiger partial charge in [0.1, 0.15) is 0 Å². The second kappa shape index (κ2) is 6.99. The molecule has 1 unspecified atom stereocenters. The van der Waals surface area contributed by atoms with E-state index in [0.29, 0.717) is 6.04 Å². The number of ether oxygens (including phenoxy) is 1. The van der Waals surface area contributed by atoms with Crippen LogP contribution in [0.1, 0.15) is 33.1 Å². The second-order valence-electron chi connectivity index (χ2n) is 6.18. The predicted molar refractivity (Wildman–Crippen MR) is 77.9 cm³/mol. The van der Waals surface area contributed by atoms with E-state index in [4.69, 9.17) is 10.5 Å². The molecule has 0 aromatic carbocycles. The van der Waals surface area contributed by atoms with Gasteiger partial charge in [-0.25, -0.2) is 10.4 Å². The van der Waals surface area contributed by atoms with Crippen LogP contribution in [0.2, 0.25) is 0 Å². The van der Waals surface area contributed by atoms with Crippen LogP contribution in [0.3, 0.4) is 0 Å². The summed E-state index contributed by atoms with van der Waals surface area (Å²) in [4.78, 5) is 2.57. The van der Waals surface area contributed by atoms with E-state index in [1.165, 1.54) is 19.4 Å². The highest BCUT2D eigenvalue weighted by atomic mass is 16.5. The van der Waals surface area contributed by atoms with Crippen molar-refractivity contribution in [1.29, 1.82) is 0 Å². The Morgan fingerprint density at radius 3 is 2.53 bits per heavy atom. The monoisotopic (exact) mass is 270 g/mol. The Hall–Kier alpha value is -0.200. The van der Waals surface area contributed by atoms with E-state index < -0.39 is 0 Å². The van der Waals surface area contributed by atoms with Gasteiger partial charge in [0.05, 0.1) is 13.2 Å². The minimum atomic E-state index is 0.0843. The summed E-state index contributed by atoms with van der Waals surface area (Å²) >= 11 is 0. The maximum atomic E-state index is 6.11. The molecule has 2 rings (SSSR count). The van der Waals surface area contributed by atoms with Crippen molar-refractivity contribution in [2.24, 2.45) is 5.73 Å². The molecule has 0 saturated carbocycles. The molecule has 5 heteroatoms. The zero-order chi connectivity index (χ0) is 13.7. The third-order valence-corrected chi connectivity index (χ3v) is 4.51. The van der Waals surface area contributed by atoms with E-state index in [0.717, 1.165) is 45.8 Å². The number of nitrogens with two attached hydrogens (primary N) is 1. The van der Waals surface area contributed by atoms with Crippen molar-refractivity contribution in [3.8, 4) is 0 Å². The van der Waals surface area contributed by atoms with Crippen molar-refractivity contribution in [2.45, 2.75) is 44.7 Å². The van der Waals surface area contributed by atoms with Gasteiger partial charge in [-0.15, -0.1) is 0 Å². The average molecular weight is 270 g/mol. The molecule has 0 spiro atoms. The summed E-state index contributed by atoms with van der Waals surface area (Å²) in [5.41, 5.74) is 9.91. The number of hydrogen-bond donors (Lipinski definition) is 2. The first kappa shape index (κ1) is 15.2. The van der Waals surface area contributed by atoms with Gasteiger partial charge in [-0.05, 0) is 39.7 Å². The van der Waals surface area contributed by atoms with E-state index in [9.17, 15) is 0 Å². The van der Waals surface area contributed by atoms with Gasteiger partial charge in [0.2, 0.25) is 0 Å². The number of nitrogens with one attached hydrogen (secondary N) is 1. The molecular weight excluding hydrogens is 240 g/mol. The van der Waals surface area contributed by atoms with Crippen molar-refractivity contribution in [1.82, 2.24) is 15.3 Å². The lowest BCUT2D eigenvalue weighted by atomic mass is 9.91. The molecule has 112 valence electrons. The van der Waals surface area contributed by atoms with Gasteiger partial charge in [-0.1, -0.05) is 0 Å². The van der Waals surface area contributed by atoms with Gasteiger partial charge in [-0.3, -0.25) is 0 Å². The highest BCUT2D eigenvalue weighted by Crippen LogP contribution is 2.23. The maximum absolute atomic E-state index is 6.11. The third-order valence-electron chi connectivity index (χ3n) is 4.51. The SMILES string of the molecule is CC(C)N1CCCC(CN)(NN2CCOCC2)CC1. The first-order chi connectivity index (χ1) is 9.15. The van der Waals surface area contributed by atoms with E-state index in [-0.39, 0.29) is 5.54 Å². The summed E-state index contributed by atoms with van der Waals surface area (Å²) in [5.74, 6) is 0. The summed E-state index contributed by atoms with van der Waals surface area (Å²) in [6, 6.07) is 0.636. The Morgan fingerprint density at radius 2 is 1.89 bits per heavy atom. The maximum Gasteiger partial charge on any atom is 0.0608 e. The Balaban J connectivity index is 1.93. The number of likely N-dealkylation sites (tertiary alicyclic amines) is 1. The molecule has 1 atom stereocenters. The molecule has 2 saturated heterocycles. The fraction of sp³-hybridized carbons (Fsp3) is 1.00. The van der Waals surface area contributed by atoms with Gasteiger partial charge in [-0.2, -0.15) is 0 Å². The van der Waals surface area contributed by atoms with Crippen LogP contribution in [0.5, 0.6) is 0 Å². The Kier molecular flexibility index (Phi) is 5.59. The van der Waals surface area contributed by atoms with Crippen LogP contribution in [0.15, 0.2) is 0 Å². The van der Waals surface area contributed by atoms with Crippen LogP contribution in [-0.2, 0) is 4.74 Å². The zero-order valence-electron chi connectivity index (χ0n) is 12.5. The van der Waals surface area contributed by atoms with E-state index in [1.807, 2.05) is 0 Å². The molecule has 5 nitrogen and oxygen atoms in total. The normalized spacial score (nSPS) is 31.6. The zero-order valence-corrected chi connectivity index (χ0v) is 12.5. The van der Waals surface area contributed by atoms with E-state index in [2.05, 4.69) is 29.2 Å². The Labute approximate surface area is 117 Å². The molecule has 0 amide bonds. The second-order valence-corrected chi connectivity index (χ2v) is 6.18. The van der Waals surface area contributed by atoms with Crippen LogP contribution >= 0.6 is 0 Å². The minimum Gasteiger partial charge on any atom is -0.379 e. The van der Waals surface area contributed by atoms with Gasteiger partial charge in [0, 0.05) is 37.8 Å². The molecule has 2 fully saturated rings. The average Bonchev–Trinajstić information content (AvgIpc) is 2.63. The Bertz CT molecular complexity index is 268. The number of hydrogen-bond acceptors (Lipinski definition) is 5. The summed E-state index contributed by atoms with van der Waals surface area (Å²) in [6.07, 6.45) is 3.54. The molecule has 2 heterocycles. The molecule has 0 aromatic rings. The van der Waals surface area contributed by atoms with Crippen LogP contribution in [0.4, 0.5) is 0 Å². The van der Waals surface area contributed by atoms with Gasteiger partial charge < -0.3 is 15.4 Å². The van der Waals surface area contributed by atoms with Gasteiger partial charge in [0.15, 0.2) is 0 Å². The first-order valence-corrected chi connectivity index (χ1v) is 7.70. The molecule has 0 bridgehead atoms. The van der Waals surface area contributed by atoms with Crippen molar-refractivity contribution in [3.05, 3.63) is 0 Å².